The molecule has 4 rings (SSSR count). The van der Waals surface area contributed by atoms with Crippen LogP contribution in [0, 0.1) is 0 Å². The van der Waals surface area contributed by atoms with Gasteiger partial charge in [0.05, 0.1) is 18.3 Å². The van der Waals surface area contributed by atoms with Crippen LogP contribution in [-0.4, -0.2) is 27.2 Å². The summed E-state index contributed by atoms with van der Waals surface area (Å²) in [5.74, 6) is 0.800. The fourth-order valence-corrected chi connectivity index (χ4v) is 2.81. The number of H-pyrrole nitrogens is 1. The predicted molar refractivity (Wildman–Crippen MR) is 93.0 cm³/mol. The minimum atomic E-state index is 0.236. The Morgan fingerprint density at radius 2 is 1.67 bits per heavy atom. The number of phenolic OH excluding ortho intramolecular Hbond substituents is 1. The van der Waals surface area contributed by atoms with Crippen LogP contribution < -0.4 is 4.74 Å². The minimum Gasteiger partial charge on any atom is -0.508 e. The van der Waals surface area contributed by atoms with Gasteiger partial charge in [0.15, 0.2) is 0 Å². The van der Waals surface area contributed by atoms with E-state index in [1.165, 1.54) is 0 Å². The Labute approximate surface area is 138 Å². The molecule has 5 heteroatoms. The van der Waals surface area contributed by atoms with E-state index >= 15 is 0 Å². The maximum atomic E-state index is 9.55. The van der Waals surface area contributed by atoms with E-state index in [9.17, 15) is 5.11 Å². The third-order valence-corrected chi connectivity index (χ3v) is 3.95. The van der Waals surface area contributed by atoms with E-state index in [0.717, 1.165) is 33.4 Å². The van der Waals surface area contributed by atoms with Crippen molar-refractivity contribution >= 4 is 11.0 Å². The number of fused-ring (bicyclic) bond motifs is 1. The summed E-state index contributed by atoms with van der Waals surface area (Å²) in [6, 6.07) is 14.8. The summed E-state index contributed by atoms with van der Waals surface area (Å²) in [5.41, 5.74) is 5.67. The Hall–Kier alpha value is -3.34. The average molecular weight is 317 g/mol. The SMILES string of the molecule is COc1ccc2[nH]c(-c3ccc(O)cc3)c(-c3ccncc3)c2n1. The van der Waals surface area contributed by atoms with Crippen molar-refractivity contribution in [2.75, 3.05) is 7.11 Å². The molecule has 0 unspecified atom stereocenters. The highest BCUT2D eigenvalue weighted by atomic mass is 16.5. The highest BCUT2D eigenvalue weighted by Crippen LogP contribution is 2.38. The number of nitrogens with one attached hydrogen (secondary N) is 1. The lowest BCUT2D eigenvalue weighted by Gasteiger charge is -2.05. The van der Waals surface area contributed by atoms with Gasteiger partial charge in [0, 0.05) is 24.0 Å². The highest BCUT2D eigenvalue weighted by molar-refractivity contribution is 6.01. The third-order valence-electron chi connectivity index (χ3n) is 3.95. The van der Waals surface area contributed by atoms with Gasteiger partial charge in [0.1, 0.15) is 11.3 Å². The number of ether oxygens (including phenoxy) is 1. The average Bonchev–Trinajstić information content (AvgIpc) is 3.01. The minimum absolute atomic E-state index is 0.236. The quantitative estimate of drug-likeness (QED) is 0.599. The largest absolute Gasteiger partial charge is 0.508 e. The first kappa shape index (κ1) is 14.3. The van der Waals surface area contributed by atoms with Gasteiger partial charge >= 0.3 is 0 Å². The van der Waals surface area contributed by atoms with Crippen molar-refractivity contribution in [1.82, 2.24) is 15.0 Å². The molecule has 0 amide bonds. The molecule has 4 aromatic rings. The maximum Gasteiger partial charge on any atom is 0.213 e. The number of aromatic hydroxyl groups is 1. The van der Waals surface area contributed by atoms with Crippen molar-refractivity contribution in [2.24, 2.45) is 0 Å². The summed E-state index contributed by atoms with van der Waals surface area (Å²) in [7, 11) is 1.60. The van der Waals surface area contributed by atoms with Gasteiger partial charge < -0.3 is 14.8 Å². The van der Waals surface area contributed by atoms with Gasteiger partial charge in [-0.15, -0.1) is 0 Å². The molecular formula is C19H15N3O2. The van der Waals surface area contributed by atoms with Gasteiger partial charge in [-0.25, -0.2) is 4.98 Å². The molecule has 1 aromatic carbocycles. The van der Waals surface area contributed by atoms with Gasteiger partial charge in [-0.05, 0) is 53.6 Å². The number of hydrogen-bond donors (Lipinski definition) is 2. The van der Waals surface area contributed by atoms with Crippen molar-refractivity contribution in [3.63, 3.8) is 0 Å². The summed E-state index contributed by atoms with van der Waals surface area (Å²) in [6.45, 7) is 0. The molecule has 3 heterocycles. The number of hydrogen-bond acceptors (Lipinski definition) is 4. The van der Waals surface area contributed by atoms with E-state index in [-0.39, 0.29) is 5.75 Å². The van der Waals surface area contributed by atoms with Gasteiger partial charge in [-0.3, -0.25) is 4.98 Å². The summed E-state index contributed by atoms with van der Waals surface area (Å²) in [5, 5.41) is 9.55. The van der Waals surface area contributed by atoms with Crippen LogP contribution in [-0.2, 0) is 0 Å². The Balaban J connectivity index is 2.03. The molecule has 0 radical (unpaired) electrons. The smallest absolute Gasteiger partial charge is 0.213 e. The summed E-state index contributed by atoms with van der Waals surface area (Å²) in [4.78, 5) is 12.1. The monoisotopic (exact) mass is 317 g/mol. The van der Waals surface area contributed by atoms with E-state index < -0.39 is 0 Å². The molecule has 0 aliphatic heterocycles. The van der Waals surface area contributed by atoms with Crippen LogP contribution in [0.25, 0.3) is 33.4 Å². The number of pyridine rings is 2. The van der Waals surface area contributed by atoms with E-state index in [4.69, 9.17) is 4.74 Å². The number of nitrogens with zero attached hydrogens (tertiary/aromatic N) is 2. The van der Waals surface area contributed by atoms with Crippen LogP contribution in [0.5, 0.6) is 11.6 Å². The Kier molecular flexibility index (Phi) is 3.39. The lowest BCUT2D eigenvalue weighted by molar-refractivity contribution is 0.399. The molecule has 0 spiro atoms. The number of phenols is 1. The molecule has 0 aliphatic carbocycles. The summed E-state index contributed by atoms with van der Waals surface area (Å²) >= 11 is 0. The summed E-state index contributed by atoms with van der Waals surface area (Å²) < 4.78 is 5.27. The first-order valence-electron chi connectivity index (χ1n) is 7.53. The zero-order chi connectivity index (χ0) is 16.5. The highest BCUT2D eigenvalue weighted by Gasteiger charge is 2.17. The van der Waals surface area contributed by atoms with E-state index in [0.29, 0.717) is 5.88 Å². The topological polar surface area (TPSA) is 71.0 Å². The Bertz CT molecular complexity index is 992. The fraction of sp³-hybridized carbons (Fsp3) is 0.0526. The van der Waals surface area contributed by atoms with Crippen LogP contribution in [0.2, 0.25) is 0 Å². The maximum absolute atomic E-state index is 9.55. The molecule has 0 atom stereocenters. The molecule has 24 heavy (non-hydrogen) atoms. The summed E-state index contributed by atoms with van der Waals surface area (Å²) in [6.07, 6.45) is 3.52. The van der Waals surface area contributed by atoms with Gasteiger partial charge in [-0.1, -0.05) is 0 Å². The molecule has 118 valence electrons. The first-order chi connectivity index (χ1) is 11.8. The van der Waals surface area contributed by atoms with Crippen LogP contribution in [0.15, 0.2) is 60.9 Å². The molecule has 0 saturated carbocycles. The molecule has 0 saturated heterocycles. The van der Waals surface area contributed by atoms with Crippen molar-refractivity contribution in [1.29, 1.82) is 0 Å². The number of benzene rings is 1. The molecule has 5 nitrogen and oxygen atoms in total. The van der Waals surface area contributed by atoms with Crippen LogP contribution in [0.1, 0.15) is 0 Å². The van der Waals surface area contributed by atoms with E-state index in [2.05, 4.69) is 15.0 Å². The number of rotatable bonds is 3. The molecule has 0 fully saturated rings. The second-order valence-corrected chi connectivity index (χ2v) is 5.41. The molecule has 3 aromatic heterocycles. The standard InChI is InChI=1S/C19H15N3O2/c1-24-16-7-6-15-19(22-16)17(12-8-10-20-11-9-12)18(21-15)13-2-4-14(23)5-3-13/h2-11,21,23H,1H3. The Morgan fingerprint density at radius 1 is 0.917 bits per heavy atom. The lowest BCUT2D eigenvalue weighted by Crippen LogP contribution is -1.88. The van der Waals surface area contributed by atoms with E-state index in [1.807, 2.05) is 36.4 Å². The van der Waals surface area contributed by atoms with Gasteiger partial charge in [0.2, 0.25) is 5.88 Å². The van der Waals surface area contributed by atoms with Gasteiger partial charge in [-0.2, -0.15) is 0 Å². The third kappa shape index (κ3) is 2.36. The zero-order valence-corrected chi connectivity index (χ0v) is 13.0. The predicted octanol–water partition coefficient (Wildman–Crippen LogP) is 4.01. The first-order valence-corrected chi connectivity index (χ1v) is 7.53. The number of aromatic amines is 1. The van der Waals surface area contributed by atoms with Crippen LogP contribution in [0.3, 0.4) is 0 Å². The second kappa shape index (κ2) is 5.70. The number of aromatic nitrogens is 3. The molecular weight excluding hydrogens is 302 g/mol. The number of methoxy groups -OCH3 is 1. The van der Waals surface area contributed by atoms with Crippen molar-refractivity contribution in [2.45, 2.75) is 0 Å². The normalized spacial score (nSPS) is 10.9. The lowest BCUT2D eigenvalue weighted by atomic mass is 10.0. The molecule has 0 aliphatic rings. The second-order valence-electron chi connectivity index (χ2n) is 5.41. The van der Waals surface area contributed by atoms with E-state index in [1.54, 1.807) is 31.6 Å². The van der Waals surface area contributed by atoms with Gasteiger partial charge in [0.25, 0.3) is 0 Å². The van der Waals surface area contributed by atoms with Crippen molar-refractivity contribution < 1.29 is 9.84 Å². The van der Waals surface area contributed by atoms with Crippen molar-refractivity contribution in [3.05, 3.63) is 60.9 Å². The Morgan fingerprint density at radius 3 is 2.38 bits per heavy atom. The van der Waals surface area contributed by atoms with Crippen LogP contribution >= 0.6 is 0 Å². The van der Waals surface area contributed by atoms with Crippen molar-refractivity contribution in [3.8, 4) is 34.0 Å². The molecule has 2 N–H and O–H groups in total. The molecule has 0 bridgehead atoms. The fourth-order valence-electron chi connectivity index (χ4n) is 2.81. The zero-order valence-electron chi connectivity index (χ0n) is 13.0. The van der Waals surface area contributed by atoms with Crippen LogP contribution in [0.4, 0.5) is 0 Å².